The van der Waals surface area contributed by atoms with Gasteiger partial charge in [0.05, 0.1) is 6.61 Å². The van der Waals surface area contributed by atoms with Crippen LogP contribution in [0.25, 0.3) is 0 Å². The molecule has 0 amide bonds. The van der Waals surface area contributed by atoms with E-state index in [4.69, 9.17) is 4.74 Å². The maximum absolute atomic E-state index is 5.38. The summed E-state index contributed by atoms with van der Waals surface area (Å²) in [5.41, 5.74) is 1.74. The first-order chi connectivity index (χ1) is 6.45. The maximum Gasteiger partial charge on any atom is 0.205 e. The van der Waals surface area contributed by atoms with Gasteiger partial charge >= 0.3 is 0 Å². The van der Waals surface area contributed by atoms with Gasteiger partial charge in [-0.2, -0.15) is 0 Å². The average Bonchev–Trinajstić information content (AvgIpc) is 2.69. The van der Waals surface area contributed by atoms with Crippen molar-refractivity contribution in [1.29, 1.82) is 0 Å². The minimum Gasteiger partial charge on any atom is -0.381 e. The Kier molecular flexibility index (Phi) is 3.10. The first-order valence-electron chi connectivity index (χ1n) is 4.53. The van der Waals surface area contributed by atoms with E-state index in [2.05, 4.69) is 15.5 Å². The Hall–Kier alpha value is -0.680. The second-order valence-corrected chi connectivity index (χ2v) is 4.04. The highest BCUT2D eigenvalue weighted by atomic mass is 32.1. The highest BCUT2D eigenvalue weighted by molar-refractivity contribution is 7.13. The summed E-state index contributed by atoms with van der Waals surface area (Å²) in [6.07, 6.45) is 2.44. The zero-order chi connectivity index (χ0) is 8.93. The van der Waals surface area contributed by atoms with Crippen LogP contribution in [0.2, 0.25) is 0 Å². The van der Waals surface area contributed by atoms with Crippen molar-refractivity contribution in [2.24, 2.45) is 5.92 Å². The van der Waals surface area contributed by atoms with Crippen molar-refractivity contribution in [2.45, 2.75) is 12.8 Å². The third-order valence-electron chi connectivity index (χ3n) is 2.16. The number of nitrogens with zero attached hydrogens (tertiary/aromatic N) is 2. The van der Waals surface area contributed by atoms with Crippen LogP contribution in [-0.2, 0) is 4.74 Å². The zero-order valence-corrected chi connectivity index (χ0v) is 8.22. The molecule has 1 N–H and O–H groups in total. The molecule has 1 aromatic rings. The van der Waals surface area contributed by atoms with Crippen LogP contribution in [0, 0.1) is 5.92 Å². The van der Waals surface area contributed by atoms with Gasteiger partial charge in [-0.15, -0.1) is 10.2 Å². The SMILES string of the molecule is c1nnc(NCC2CCCOC2)s1. The molecule has 1 fully saturated rings. The van der Waals surface area contributed by atoms with Gasteiger partial charge in [0.2, 0.25) is 5.13 Å². The first kappa shape index (κ1) is 8.90. The van der Waals surface area contributed by atoms with Gasteiger partial charge in [-0.05, 0) is 18.8 Å². The molecule has 1 aliphatic rings. The van der Waals surface area contributed by atoms with Crippen molar-refractivity contribution in [3.63, 3.8) is 0 Å². The average molecular weight is 199 g/mol. The van der Waals surface area contributed by atoms with E-state index in [0.29, 0.717) is 5.92 Å². The van der Waals surface area contributed by atoms with Gasteiger partial charge in [-0.3, -0.25) is 0 Å². The molecule has 0 radical (unpaired) electrons. The molecule has 1 atom stereocenters. The Morgan fingerprint density at radius 1 is 1.69 bits per heavy atom. The maximum atomic E-state index is 5.38. The predicted octanol–water partition coefficient (Wildman–Crippen LogP) is 1.38. The van der Waals surface area contributed by atoms with Crippen molar-refractivity contribution in [3.05, 3.63) is 5.51 Å². The quantitative estimate of drug-likeness (QED) is 0.799. The van der Waals surface area contributed by atoms with Crippen molar-refractivity contribution < 1.29 is 4.74 Å². The number of ether oxygens (including phenoxy) is 1. The lowest BCUT2D eigenvalue weighted by Crippen LogP contribution is -2.24. The molecule has 0 aromatic carbocycles. The molecule has 0 saturated carbocycles. The van der Waals surface area contributed by atoms with E-state index < -0.39 is 0 Å². The molecular formula is C8H13N3OS. The van der Waals surface area contributed by atoms with Crippen LogP contribution in [0.5, 0.6) is 0 Å². The second kappa shape index (κ2) is 4.53. The van der Waals surface area contributed by atoms with E-state index in [1.807, 2.05) is 0 Å². The molecule has 5 heteroatoms. The van der Waals surface area contributed by atoms with Gasteiger partial charge in [0.25, 0.3) is 0 Å². The Morgan fingerprint density at radius 2 is 2.69 bits per heavy atom. The highest BCUT2D eigenvalue weighted by Gasteiger charge is 2.13. The lowest BCUT2D eigenvalue weighted by atomic mass is 10.0. The predicted molar refractivity (Wildman–Crippen MR) is 51.9 cm³/mol. The summed E-state index contributed by atoms with van der Waals surface area (Å²) in [7, 11) is 0. The smallest absolute Gasteiger partial charge is 0.205 e. The van der Waals surface area contributed by atoms with Crippen molar-refractivity contribution in [1.82, 2.24) is 10.2 Å². The summed E-state index contributed by atoms with van der Waals surface area (Å²) in [5, 5.41) is 11.8. The standard InChI is InChI=1S/C8H13N3OS/c1-2-7(5-12-3-1)4-9-8-11-10-6-13-8/h6-7H,1-5H2,(H,9,11). The van der Waals surface area contributed by atoms with Crippen molar-refractivity contribution in [2.75, 3.05) is 25.1 Å². The van der Waals surface area contributed by atoms with Gasteiger partial charge in [0, 0.05) is 13.2 Å². The third kappa shape index (κ3) is 2.63. The normalized spacial score (nSPS) is 22.9. The van der Waals surface area contributed by atoms with Crippen LogP contribution < -0.4 is 5.32 Å². The zero-order valence-electron chi connectivity index (χ0n) is 7.40. The van der Waals surface area contributed by atoms with Crippen molar-refractivity contribution in [3.8, 4) is 0 Å². The molecule has 1 aliphatic heterocycles. The molecule has 1 unspecified atom stereocenters. The molecule has 2 heterocycles. The van der Waals surface area contributed by atoms with Gasteiger partial charge < -0.3 is 10.1 Å². The van der Waals surface area contributed by atoms with Crippen LogP contribution in [0.1, 0.15) is 12.8 Å². The molecule has 1 aromatic heterocycles. The number of rotatable bonds is 3. The Labute approximate surface area is 81.3 Å². The number of anilines is 1. The van der Waals surface area contributed by atoms with Crippen molar-refractivity contribution >= 4 is 16.5 Å². The summed E-state index contributed by atoms with van der Waals surface area (Å²) in [5.74, 6) is 0.637. The molecule has 1 saturated heterocycles. The summed E-state index contributed by atoms with van der Waals surface area (Å²) in [6.45, 7) is 2.76. The van der Waals surface area contributed by atoms with Crippen LogP contribution >= 0.6 is 11.3 Å². The van der Waals surface area contributed by atoms with Crippen LogP contribution in [-0.4, -0.2) is 30.0 Å². The van der Waals surface area contributed by atoms with E-state index in [1.54, 1.807) is 5.51 Å². The fourth-order valence-corrected chi connectivity index (χ4v) is 1.91. The molecule has 4 nitrogen and oxygen atoms in total. The number of aromatic nitrogens is 2. The van der Waals surface area contributed by atoms with Crippen LogP contribution in [0.4, 0.5) is 5.13 Å². The summed E-state index contributed by atoms with van der Waals surface area (Å²) in [6, 6.07) is 0. The minimum absolute atomic E-state index is 0.637. The van der Waals surface area contributed by atoms with Crippen LogP contribution in [0.15, 0.2) is 5.51 Å². The minimum atomic E-state index is 0.637. The Balaban J connectivity index is 1.72. The summed E-state index contributed by atoms with van der Waals surface area (Å²) in [4.78, 5) is 0. The first-order valence-corrected chi connectivity index (χ1v) is 5.41. The molecule has 2 rings (SSSR count). The van der Waals surface area contributed by atoms with E-state index in [-0.39, 0.29) is 0 Å². The fourth-order valence-electron chi connectivity index (χ4n) is 1.45. The Bertz CT molecular complexity index is 234. The second-order valence-electron chi connectivity index (χ2n) is 3.21. The lowest BCUT2D eigenvalue weighted by molar-refractivity contribution is 0.0595. The topological polar surface area (TPSA) is 47.0 Å². The summed E-state index contributed by atoms with van der Waals surface area (Å²) < 4.78 is 5.38. The summed E-state index contributed by atoms with van der Waals surface area (Å²) >= 11 is 1.54. The van der Waals surface area contributed by atoms with Crippen LogP contribution in [0.3, 0.4) is 0 Å². The Morgan fingerprint density at radius 3 is 3.38 bits per heavy atom. The monoisotopic (exact) mass is 199 g/mol. The molecule has 13 heavy (non-hydrogen) atoms. The van der Waals surface area contributed by atoms with E-state index in [0.717, 1.165) is 24.9 Å². The fraction of sp³-hybridized carbons (Fsp3) is 0.750. The van der Waals surface area contributed by atoms with E-state index in [1.165, 1.54) is 24.2 Å². The third-order valence-corrected chi connectivity index (χ3v) is 2.81. The van der Waals surface area contributed by atoms with Gasteiger partial charge in [-0.1, -0.05) is 11.3 Å². The largest absolute Gasteiger partial charge is 0.381 e. The highest BCUT2D eigenvalue weighted by Crippen LogP contribution is 2.15. The van der Waals surface area contributed by atoms with E-state index in [9.17, 15) is 0 Å². The number of hydrogen-bond donors (Lipinski definition) is 1. The molecule has 0 aliphatic carbocycles. The molecule has 0 bridgehead atoms. The molecular weight excluding hydrogens is 186 g/mol. The lowest BCUT2D eigenvalue weighted by Gasteiger charge is -2.21. The van der Waals surface area contributed by atoms with Gasteiger partial charge in [-0.25, -0.2) is 0 Å². The molecule has 0 spiro atoms. The van der Waals surface area contributed by atoms with E-state index >= 15 is 0 Å². The number of hydrogen-bond acceptors (Lipinski definition) is 5. The van der Waals surface area contributed by atoms with Gasteiger partial charge in [0.15, 0.2) is 0 Å². The number of nitrogens with one attached hydrogen (secondary N) is 1. The molecule has 72 valence electrons. The van der Waals surface area contributed by atoms with Gasteiger partial charge in [0.1, 0.15) is 5.51 Å².